The van der Waals surface area contributed by atoms with Crippen molar-refractivity contribution in [3.05, 3.63) is 45.7 Å². The van der Waals surface area contributed by atoms with Crippen molar-refractivity contribution in [2.24, 2.45) is 11.3 Å². The van der Waals surface area contributed by atoms with Crippen molar-refractivity contribution < 1.29 is 9.84 Å². The molecule has 2 saturated heterocycles. The van der Waals surface area contributed by atoms with E-state index in [2.05, 4.69) is 22.0 Å². The number of aromatic amines is 1. The molecular weight excluding hydrogens is 304 g/mol. The minimum atomic E-state index is -0.0566. The first-order valence-corrected chi connectivity index (χ1v) is 8.63. The average molecular weight is 328 g/mol. The minimum absolute atomic E-state index is 0.0164. The molecule has 0 bridgehead atoms. The Morgan fingerprint density at radius 3 is 3.08 bits per heavy atom. The Morgan fingerprint density at radius 2 is 2.29 bits per heavy atom. The van der Waals surface area contributed by atoms with Crippen LogP contribution in [0.4, 0.5) is 0 Å². The Morgan fingerprint density at radius 1 is 1.42 bits per heavy atom. The van der Waals surface area contributed by atoms with Crippen molar-refractivity contribution in [3.8, 4) is 0 Å². The van der Waals surface area contributed by atoms with E-state index in [9.17, 15) is 9.90 Å². The molecule has 2 aromatic rings. The molecule has 128 valence electrons. The van der Waals surface area contributed by atoms with Gasteiger partial charge in [0.1, 0.15) is 0 Å². The van der Waals surface area contributed by atoms with Crippen LogP contribution in [-0.4, -0.2) is 47.9 Å². The number of aliphatic hydroxyl groups excluding tert-OH is 1. The normalized spacial score (nSPS) is 27.5. The first-order chi connectivity index (χ1) is 11.6. The molecule has 2 fully saturated rings. The van der Waals surface area contributed by atoms with Gasteiger partial charge in [0.2, 0.25) is 0 Å². The number of hydrogen-bond donors (Lipinski definition) is 2. The Labute approximate surface area is 141 Å². The van der Waals surface area contributed by atoms with Crippen molar-refractivity contribution >= 4 is 10.9 Å². The Balaban J connectivity index is 1.59. The molecule has 0 radical (unpaired) electrons. The van der Waals surface area contributed by atoms with E-state index in [1.54, 1.807) is 0 Å². The largest absolute Gasteiger partial charge is 0.396 e. The monoisotopic (exact) mass is 328 g/mol. The third kappa shape index (κ3) is 2.66. The second-order valence-electron chi connectivity index (χ2n) is 7.43. The molecule has 2 N–H and O–H groups in total. The van der Waals surface area contributed by atoms with Gasteiger partial charge in [0.05, 0.1) is 13.2 Å². The summed E-state index contributed by atoms with van der Waals surface area (Å²) in [4.78, 5) is 17.7. The number of aryl methyl sites for hydroxylation is 1. The molecule has 2 aliphatic rings. The van der Waals surface area contributed by atoms with Gasteiger partial charge in [-0.2, -0.15) is 0 Å². The number of fused-ring (bicyclic) bond motifs is 2. The fourth-order valence-electron chi connectivity index (χ4n) is 4.26. The predicted molar refractivity (Wildman–Crippen MR) is 93.0 cm³/mol. The number of nitrogens with one attached hydrogen (secondary N) is 1. The molecule has 0 saturated carbocycles. The van der Waals surface area contributed by atoms with E-state index in [1.165, 1.54) is 0 Å². The summed E-state index contributed by atoms with van der Waals surface area (Å²) >= 11 is 0. The molecule has 5 heteroatoms. The van der Waals surface area contributed by atoms with Crippen LogP contribution >= 0.6 is 0 Å². The van der Waals surface area contributed by atoms with Crippen LogP contribution in [0.3, 0.4) is 0 Å². The van der Waals surface area contributed by atoms with Gasteiger partial charge >= 0.3 is 0 Å². The summed E-state index contributed by atoms with van der Waals surface area (Å²) in [6, 6.07) is 8.12. The van der Waals surface area contributed by atoms with Gasteiger partial charge in [-0.25, -0.2) is 0 Å². The highest BCUT2D eigenvalue weighted by Gasteiger charge is 2.47. The summed E-state index contributed by atoms with van der Waals surface area (Å²) in [6.45, 7) is 6.00. The van der Waals surface area contributed by atoms with Crippen LogP contribution in [0, 0.1) is 18.3 Å². The lowest BCUT2D eigenvalue weighted by Crippen LogP contribution is -2.41. The summed E-state index contributed by atoms with van der Waals surface area (Å²) in [7, 11) is 0. The lowest BCUT2D eigenvalue weighted by atomic mass is 9.75. The van der Waals surface area contributed by atoms with E-state index >= 15 is 0 Å². The number of benzene rings is 1. The highest BCUT2D eigenvalue weighted by Crippen LogP contribution is 2.42. The number of nitrogens with zero attached hydrogens (tertiary/aromatic N) is 1. The fourth-order valence-corrected chi connectivity index (χ4v) is 4.26. The van der Waals surface area contributed by atoms with Crippen LogP contribution in [0.1, 0.15) is 17.5 Å². The van der Waals surface area contributed by atoms with Crippen LogP contribution in [0.2, 0.25) is 0 Å². The molecule has 0 unspecified atom stereocenters. The molecule has 4 rings (SSSR count). The summed E-state index contributed by atoms with van der Waals surface area (Å²) < 4.78 is 5.60. The molecule has 0 spiro atoms. The minimum Gasteiger partial charge on any atom is -0.396 e. The number of aliphatic hydroxyl groups is 1. The topological polar surface area (TPSA) is 65.6 Å². The van der Waals surface area contributed by atoms with E-state index < -0.39 is 0 Å². The van der Waals surface area contributed by atoms with Gasteiger partial charge in [0.15, 0.2) is 0 Å². The highest BCUT2D eigenvalue weighted by molar-refractivity contribution is 5.79. The van der Waals surface area contributed by atoms with Crippen LogP contribution in [0.25, 0.3) is 10.9 Å². The molecule has 2 aliphatic heterocycles. The zero-order chi connectivity index (χ0) is 16.7. The number of hydrogen-bond acceptors (Lipinski definition) is 4. The lowest BCUT2D eigenvalue weighted by molar-refractivity contribution is -0.0417. The standard InChI is InChI=1S/C19H24N2O3/c1-13-2-3-14-7-15(18(23)20-17(14)6-13)8-21-9-16-10-24-5-4-19(16,11-21)12-22/h2-3,6-7,16,22H,4-5,8-12H2,1H3,(H,20,23)/t16-,19-/m1/s1. The van der Waals surface area contributed by atoms with E-state index in [0.29, 0.717) is 19.1 Å². The van der Waals surface area contributed by atoms with Gasteiger partial charge in [-0.3, -0.25) is 9.69 Å². The van der Waals surface area contributed by atoms with Crippen LogP contribution < -0.4 is 5.56 Å². The maximum absolute atomic E-state index is 12.4. The van der Waals surface area contributed by atoms with Gasteiger partial charge < -0.3 is 14.8 Å². The SMILES string of the molecule is Cc1ccc2cc(CN3C[C@@H]4COCC[C@]4(CO)C3)c(=O)[nH]c2c1. The van der Waals surface area contributed by atoms with Gasteiger partial charge in [0.25, 0.3) is 5.56 Å². The second kappa shape index (κ2) is 5.99. The molecule has 0 aliphatic carbocycles. The summed E-state index contributed by atoms with van der Waals surface area (Å²) in [6.07, 6.45) is 0.901. The summed E-state index contributed by atoms with van der Waals surface area (Å²) in [5.41, 5.74) is 2.74. The third-order valence-electron chi connectivity index (χ3n) is 5.73. The molecule has 2 atom stereocenters. The summed E-state index contributed by atoms with van der Waals surface area (Å²) in [5.74, 6) is 0.360. The van der Waals surface area contributed by atoms with Crippen molar-refractivity contribution in [1.82, 2.24) is 9.88 Å². The number of rotatable bonds is 3. The number of aromatic nitrogens is 1. The Hall–Kier alpha value is -1.69. The van der Waals surface area contributed by atoms with Crippen LogP contribution in [0.15, 0.2) is 29.1 Å². The molecule has 1 aromatic carbocycles. The molecule has 3 heterocycles. The average Bonchev–Trinajstić information content (AvgIpc) is 2.94. The number of likely N-dealkylation sites (tertiary alicyclic amines) is 1. The molecule has 0 amide bonds. The Bertz CT molecular complexity index is 816. The van der Waals surface area contributed by atoms with E-state index in [0.717, 1.165) is 48.1 Å². The summed E-state index contributed by atoms with van der Waals surface area (Å²) in [5, 5.41) is 11.0. The number of H-pyrrole nitrogens is 1. The van der Waals surface area contributed by atoms with Gasteiger partial charge in [-0.15, -0.1) is 0 Å². The van der Waals surface area contributed by atoms with Gasteiger partial charge in [0, 0.05) is 48.7 Å². The second-order valence-corrected chi connectivity index (χ2v) is 7.43. The third-order valence-corrected chi connectivity index (χ3v) is 5.73. The molecule has 1 aromatic heterocycles. The first kappa shape index (κ1) is 15.8. The smallest absolute Gasteiger partial charge is 0.252 e. The van der Waals surface area contributed by atoms with Crippen molar-refractivity contribution in [1.29, 1.82) is 0 Å². The number of pyridine rings is 1. The van der Waals surface area contributed by atoms with Crippen molar-refractivity contribution in [2.75, 3.05) is 32.9 Å². The van der Waals surface area contributed by atoms with Crippen molar-refractivity contribution in [3.63, 3.8) is 0 Å². The molecular formula is C19H24N2O3. The molecule has 5 nitrogen and oxygen atoms in total. The zero-order valence-corrected chi connectivity index (χ0v) is 14.0. The maximum atomic E-state index is 12.4. The van der Waals surface area contributed by atoms with Crippen LogP contribution in [0.5, 0.6) is 0 Å². The van der Waals surface area contributed by atoms with Gasteiger partial charge in [-0.05, 0) is 36.4 Å². The van der Waals surface area contributed by atoms with Gasteiger partial charge in [-0.1, -0.05) is 12.1 Å². The van der Waals surface area contributed by atoms with Crippen LogP contribution in [-0.2, 0) is 11.3 Å². The quantitative estimate of drug-likeness (QED) is 0.899. The highest BCUT2D eigenvalue weighted by atomic mass is 16.5. The van der Waals surface area contributed by atoms with E-state index in [1.807, 2.05) is 19.1 Å². The number of ether oxygens (including phenoxy) is 1. The lowest BCUT2D eigenvalue weighted by Gasteiger charge is -2.36. The predicted octanol–water partition coefficient (Wildman–Crippen LogP) is 1.67. The zero-order valence-electron chi connectivity index (χ0n) is 14.0. The first-order valence-electron chi connectivity index (χ1n) is 8.63. The fraction of sp³-hybridized carbons (Fsp3) is 0.526. The maximum Gasteiger partial charge on any atom is 0.252 e. The van der Waals surface area contributed by atoms with Crippen molar-refractivity contribution in [2.45, 2.75) is 19.9 Å². The molecule has 24 heavy (non-hydrogen) atoms. The van der Waals surface area contributed by atoms with E-state index in [4.69, 9.17) is 4.74 Å². The Kier molecular flexibility index (Phi) is 3.95. The van der Waals surface area contributed by atoms with E-state index in [-0.39, 0.29) is 17.6 Å².